The molecule has 102 valence electrons. The Labute approximate surface area is 114 Å². The second-order valence-corrected chi connectivity index (χ2v) is 4.76. The second-order valence-electron chi connectivity index (χ2n) is 4.76. The molecule has 1 saturated heterocycles. The summed E-state index contributed by atoms with van der Waals surface area (Å²) in [6, 6.07) is 10.2. The SMILES string of the molecule is C=CCOC(=O)C[C@H]1CCC[C@H](c2ccccc2)O1. The van der Waals surface area contributed by atoms with Crippen molar-refractivity contribution in [2.24, 2.45) is 0 Å². The zero-order valence-corrected chi connectivity index (χ0v) is 11.1. The van der Waals surface area contributed by atoms with E-state index in [0.29, 0.717) is 6.42 Å². The lowest BCUT2D eigenvalue weighted by Gasteiger charge is -2.29. The van der Waals surface area contributed by atoms with Crippen molar-refractivity contribution in [3.05, 3.63) is 48.6 Å². The highest BCUT2D eigenvalue weighted by Crippen LogP contribution is 2.32. The maximum Gasteiger partial charge on any atom is 0.308 e. The van der Waals surface area contributed by atoms with E-state index in [2.05, 4.69) is 18.7 Å². The topological polar surface area (TPSA) is 35.5 Å². The van der Waals surface area contributed by atoms with Crippen molar-refractivity contribution in [3.63, 3.8) is 0 Å². The van der Waals surface area contributed by atoms with Crippen molar-refractivity contribution in [1.29, 1.82) is 0 Å². The summed E-state index contributed by atoms with van der Waals surface area (Å²) in [4.78, 5) is 11.6. The van der Waals surface area contributed by atoms with Gasteiger partial charge in [-0.15, -0.1) is 0 Å². The van der Waals surface area contributed by atoms with Crippen LogP contribution in [0.2, 0.25) is 0 Å². The van der Waals surface area contributed by atoms with Crippen molar-refractivity contribution in [2.45, 2.75) is 37.9 Å². The first kappa shape index (κ1) is 13.8. The molecule has 1 heterocycles. The Kier molecular flexibility index (Phi) is 5.16. The van der Waals surface area contributed by atoms with Crippen molar-refractivity contribution < 1.29 is 14.3 Å². The number of carbonyl (C=O) groups excluding carboxylic acids is 1. The van der Waals surface area contributed by atoms with Crippen LogP contribution in [0.4, 0.5) is 0 Å². The Balaban J connectivity index is 1.87. The van der Waals surface area contributed by atoms with Crippen molar-refractivity contribution in [2.75, 3.05) is 6.61 Å². The first-order chi connectivity index (χ1) is 9.29. The Bertz CT molecular complexity index is 413. The van der Waals surface area contributed by atoms with E-state index in [1.54, 1.807) is 6.08 Å². The predicted octanol–water partition coefficient (Wildman–Crippen LogP) is 3.42. The minimum Gasteiger partial charge on any atom is -0.461 e. The molecule has 3 nitrogen and oxygen atoms in total. The van der Waals surface area contributed by atoms with E-state index in [4.69, 9.17) is 9.47 Å². The molecular formula is C16H20O3. The normalized spacial score (nSPS) is 22.7. The Morgan fingerprint density at radius 3 is 2.89 bits per heavy atom. The molecule has 1 aliphatic rings. The van der Waals surface area contributed by atoms with Crippen LogP contribution in [0.5, 0.6) is 0 Å². The summed E-state index contributed by atoms with van der Waals surface area (Å²) < 4.78 is 11.0. The third-order valence-corrected chi connectivity index (χ3v) is 3.28. The summed E-state index contributed by atoms with van der Waals surface area (Å²) in [5.41, 5.74) is 1.19. The highest BCUT2D eigenvalue weighted by molar-refractivity contribution is 5.70. The lowest BCUT2D eigenvalue weighted by atomic mass is 9.97. The first-order valence-electron chi connectivity index (χ1n) is 6.76. The average molecular weight is 260 g/mol. The fourth-order valence-corrected chi connectivity index (χ4v) is 2.36. The van der Waals surface area contributed by atoms with E-state index in [1.165, 1.54) is 5.56 Å². The van der Waals surface area contributed by atoms with Gasteiger partial charge in [-0.3, -0.25) is 4.79 Å². The third-order valence-electron chi connectivity index (χ3n) is 3.28. The number of rotatable bonds is 5. The molecule has 0 bridgehead atoms. The van der Waals surface area contributed by atoms with Gasteiger partial charge in [-0.2, -0.15) is 0 Å². The van der Waals surface area contributed by atoms with Gasteiger partial charge < -0.3 is 9.47 Å². The van der Waals surface area contributed by atoms with Gasteiger partial charge in [-0.1, -0.05) is 43.0 Å². The number of benzene rings is 1. The predicted molar refractivity (Wildman–Crippen MR) is 73.7 cm³/mol. The average Bonchev–Trinajstić information content (AvgIpc) is 2.46. The fourth-order valence-electron chi connectivity index (χ4n) is 2.36. The molecule has 1 aliphatic heterocycles. The molecule has 0 N–H and O–H groups in total. The Hall–Kier alpha value is -1.61. The summed E-state index contributed by atoms with van der Waals surface area (Å²) in [5.74, 6) is -0.210. The van der Waals surface area contributed by atoms with Gasteiger partial charge in [0.25, 0.3) is 0 Å². The molecule has 0 radical (unpaired) electrons. The van der Waals surface area contributed by atoms with Crippen LogP contribution in [0, 0.1) is 0 Å². The minimum atomic E-state index is -0.210. The van der Waals surface area contributed by atoms with Crippen LogP contribution in [0.1, 0.15) is 37.4 Å². The smallest absolute Gasteiger partial charge is 0.308 e. The van der Waals surface area contributed by atoms with Gasteiger partial charge in [-0.05, 0) is 24.8 Å². The number of esters is 1. The van der Waals surface area contributed by atoms with Crippen LogP contribution in [0.3, 0.4) is 0 Å². The maximum atomic E-state index is 11.6. The van der Waals surface area contributed by atoms with E-state index in [9.17, 15) is 4.79 Å². The van der Waals surface area contributed by atoms with E-state index in [0.717, 1.165) is 19.3 Å². The van der Waals surface area contributed by atoms with Crippen LogP contribution in [0.25, 0.3) is 0 Å². The zero-order chi connectivity index (χ0) is 13.5. The molecule has 1 fully saturated rings. The number of hydrogen-bond acceptors (Lipinski definition) is 3. The third kappa shape index (κ3) is 4.21. The molecule has 0 unspecified atom stereocenters. The molecule has 19 heavy (non-hydrogen) atoms. The van der Waals surface area contributed by atoms with E-state index < -0.39 is 0 Å². The van der Waals surface area contributed by atoms with Crippen LogP contribution in [-0.4, -0.2) is 18.7 Å². The Morgan fingerprint density at radius 2 is 2.16 bits per heavy atom. The summed E-state index contributed by atoms with van der Waals surface area (Å²) in [6.07, 6.45) is 5.00. The van der Waals surface area contributed by atoms with E-state index in [1.807, 2.05) is 18.2 Å². The standard InChI is InChI=1S/C16H20O3/c1-2-11-18-16(17)12-14-9-6-10-15(19-14)13-7-4-3-5-8-13/h2-5,7-8,14-15H,1,6,9-12H2/t14-,15-/m1/s1. The van der Waals surface area contributed by atoms with Gasteiger partial charge in [0.15, 0.2) is 0 Å². The molecule has 0 amide bonds. The molecule has 2 rings (SSSR count). The van der Waals surface area contributed by atoms with Gasteiger partial charge in [0, 0.05) is 0 Å². The highest BCUT2D eigenvalue weighted by Gasteiger charge is 2.25. The summed E-state index contributed by atoms with van der Waals surface area (Å²) in [7, 11) is 0. The maximum absolute atomic E-state index is 11.6. The number of carbonyl (C=O) groups is 1. The van der Waals surface area contributed by atoms with Crippen LogP contribution < -0.4 is 0 Å². The Morgan fingerprint density at radius 1 is 1.37 bits per heavy atom. The first-order valence-corrected chi connectivity index (χ1v) is 6.76. The van der Waals surface area contributed by atoms with E-state index >= 15 is 0 Å². The zero-order valence-electron chi connectivity index (χ0n) is 11.1. The minimum absolute atomic E-state index is 0.0312. The van der Waals surface area contributed by atoms with Crippen LogP contribution in [-0.2, 0) is 14.3 Å². The molecule has 0 spiro atoms. The summed E-state index contributed by atoms with van der Waals surface area (Å²) in [6.45, 7) is 3.79. The van der Waals surface area contributed by atoms with Gasteiger partial charge in [0.05, 0.1) is 18.6 Å². The van der Waals surface area contributed by atoms with Crippen LogP contribution >= 0.6 is 0 Å². The molecule has 0 aromatic heterocycles. The van der Waals surface area contributed by atoms with Gasteiger partial charge in [0.2, 0.25) is 0 Å². The molecule has 1 aromatic rings. The second kappa shape index (κ2) is 7.10. The van der Waals surface area contributed by atoms with Crippen molar-refractivity contribution in [3.8, 4) is 0 Å². The molecule has 0 aliphatic carbocycles. The molecule has 3 heteroatoms. The van der Waals surface area contributed by atoms with Crippen molar-refractivity contribution >= 4 is 5.97 Å². The highest BCUT2D eigenvalue weighted by atomic mass is 16.5. The van der Waals surface area contributed by atoms with Crippen molar-refractivity contribution in [1.82, 2.24) is 0 Å². The lowest BCUT2D eigenvalue weighted by Crippen LogP contribution is -2.25. The quantitative estimate of drug-likeness (QED) is 0.601. The van der Waals surface area contributed by atoms with Gasteiger partial charge >= 0.3 is 5.97 Å². The molecular weight excluding hydrogens is 240 g/mol. The van der Waals surface area contributed by atoms with Gasteiger partial charge in [0.1, 0.15) is 6.61 Å². The summed E-state index contributed by atoms with van der Waals surface area (Å²) in [5, 5.41) is 0. The monoisotopic (exact) mass is 260 g/mol. The molecule has 0 saturated carbocycles. The number of hydrogen-bond donors (Lipinski definition) is 0. The van der Waals surface area contributed by atoms with Gasteiger partial charge in [-0.25, -0.2) is 0 Å². The van der Waals surface area contributed by atoms with Crippen LogP contribution in [0.15, 0.2) is 43.0 Å². The summed E-state index contributed by atoms with van der Waals surface area (Å²) >= 11 is 0. The fraction of sp³-hybridized carbons (Fsp3) is 0.438. The van der Waals surface area contributed by atoms with E-state index in [-0.39, 0.29) is 24.8 Å². The molecule has 1 aromatic carbocycles. The molecule has 2 atom stereocenters. The number of ether oxygens (including phenoxy) is 2. The lowest BCUT2D eigenvalue weighted by molar-refractivity contribution is -0.148. The largest absolute Gasteiger partial charge is 0.461 e.